The summed E-state index contributed by atoms with van der Waals surface area (Å²) in [6.45, 7) is 3.69. The number of unbranched alkanes of at least 4 members (excludes halogenated alkanes) is 18. The summed E-state index contributed by atoms with van der Waals surface area (Å²) in [6.07, 6.45) is 34.4. The van der Waals surface area contributed by atoms with Gasteiger partial charge in [0, 0.05) is 12.8 Å². The van der Waals surface area contributed by atoms with Crippen molar-refractivity contribution in [3.05, 3.63) is 48.6 Å². The second-order valence-electron chi connectivity index (χ2n) is 16.1. The van der Waals surface area contributed by atoms with Crippen molar-refractivity contribution < 1.29 is 56.8 Å². The third kappa shape index (κ3) is 31.5. The Morgan fingerprint density at radius 3 is 1.53 bits per heavy atom. The first kappa shape index (κ1) is 55.6. The number of carbonyl (C=O) groups excluding carboxylic acids is 2. The predicted octanol–water partition coefficient (Wildman–Crippen LogP) is 9.56. The summed E-state index contributed by atoms with van der Waals surface area (Å²) in [7, 11) is -4.61. The van der Waals surface area contributed by atoms with E-state index in [1.807, 2.05) is 12.2 Å². The Kier molecular flexibility index (Phi) is 34.5. The first-order valence-corrected chi connectivity index (χ1v) is 24.8. The average molecular weight is 871 g/mol. The van der Waals surface area contributed by atoms with Gasteiger partial charge in [-0.25, -0.2) is 0 Å². The molecule has 6 atom stereocenters. The summed E-state index contributed by atoms with van der Waals surface area (Å²) in [4.78, 5) is 25.4. The minimum absolute atomic E-state index is 0.0888. The van der Waals surface area contributed by atoms with E-state index < -0.39 is 71.2 Å². The summed E-state index contributed by atoms with van der Waals surface area (Å²) in [5.41, 5.74) is 0. The Morgan fingerprint density at radius 2 is 1.02 bits per heavy atom. The molecule has 0 aliphatic carbocycles. The van der Waals surface area contributed by atoms with Gasteiger partial charge in [-0.05, 0) is 51.4 Å². The molecule has 0 radical (unpaired) electrons. The van der Waals surface area contributed by atoms with Crippen LogP contribution in [0.1, 0.15) is 181 Å². The number of aliphatic hydroxyl groups excluding tert-OH is 3. The standard InChI is InChI=1S/C47H82O12S/c1-3-5-7-9-11-13-15-17-19-20-22-24-26-28-30-32-34-36-43(49)58-40(38-57-47-46(52)45(51)44(50)41(59-47)39-60(53,54)55)37-56-42(48)35-33-31-29-27-25-23-21-18-16-14-12-10-8-6-4-2/h11,13,17,19,22,24,28,30,40-41,44-47,50-52H,3-10,12,14-16,18,20-21,23,25-27,29,31-39H2,1-2H3,(H,53,54,55)/b13-11+,19-17+,24-22+,30-28+/t40-,41-,44-,45?,46?,47+/m1/s1. The summed E-state index contributed by atoms with van der Waals surface area (Å²) >= 11 is 0. The Hall–Kier alpha value is -2.39. The molecule has 0 saturated carbocycles. The van der Waals surface area contributed by atoms with Crippen LogP contribution in [0.15, 0.2) is 48.6 Å². The van der Waals surface area contributed by atoms with Crippen molar-refractivity contribution in [1.29, 1.82) is 0 Å². The number of ether oxygens (including phenoxy) is 4. The normalized spacial score (nSPS) is 20.5. The maximum absolute atomic E-state index is 12.8. The molecule has 1 heterocycles. The van der Waals surface area contributed by atoms with Crippen molar-refractivity contribution in [2.24, 2.45) is 0 Å². The monoisotopic (exact) mass is 871 g/mol. The predicted molar refractivity (Wildman–Crippen MR) is 238 cm³/mol. The molecule has 1 aliphatic heterocycles. The lowest BCUT2D eigenvalue weighted by Gasteiger charge is -2.40. The van der Waals surface area contributed by atoms with E-state index in [0.717, 1.165) is 44.9 Å². The van der Waals surface area contributed by atoms with Gasteiger partial charge in [0.2, 0.25) is 0 Å². The Bertz CT molecular complexity index is 1300. The molecular weight excluding hydrogens is 789 g/mol. The van der Waals surface area contributed by atoms with Gasteiger partial charge in [-0.15, -0.1) is 0 Å². The van der Waals surface area contributed by atoms with Gasteiger partial charge >= 0.3 is 11.9 Å². The number of hydrogen-bond donors (Lipinski definition) is 4. The number of rotatable bonds is 38. The van der Waals surface area contributed by atoms with Crippen LogP contribution in [0.5, 0.6) is 0 Å². The molecule has 60 heavy (non-hydrogen) atoms. The molecule has 0 aromatic carbocycles. The molecule has 1 rings (SSSR count). The molecular formula is C47H82O12S. The third-order valence-corrected chi connectivity index (χ3v) is 11.2. The van der Waals surface area contributed by atoms with Crippen molar-refractivity contribution in [3.63, 3.8) is 0 Å². The smallest absolute Gasteiger partial charge is 0.306 e. The van der Waals surface area contributed by atoms with Crippen LogP contribution in [-0.4, -0.2) is 96.0 Å². The molecule has 2 unspecified atom stereocenters. The second-order valence-corrected chi connectivity index (χ2v) is 17.6. The van der Waals surface area contributed by atoms with Crippen molar-refractivity contribution in [3.8, 4) is 0 Å². The van der Waals surface area contributed by atoms with Crippen molar-refractivity contribution in [2.45, 2.75) is 218 Å². The highest BCUT2D eigenvalue weighted by Crippen LogP contribution is 2.24. The lowest BCUT2D eigenvalue weighted by Crippen LogP contribution is -2.60. The van der Waals surface area contributed by atoms with Crippen LogP contribution in [0.4, 0.5) is 0 Å². The SMILES string of the molecule is CCCCC/C=C/C/C=C/C/C=C/C/C=C/CCCC(=O)O[C@H](COC(=O)CCCCCCCCCCCCCCCCC)CO[C@H]1O[C@H](CS(=O)(=O)O)[C@@H](O)C(O)C1O. The maximum Gasteiger partial charge on any atom is 0.306 e. The van der Waals surface area contributed by atoms with E-state index in [-0.39, 0.29) is 19.4 Å². The minimum atomic E-state index is -4.61. The summed E-state index contributed by atoms with van der Waals surface area (Å²) in [5, 5.41) is 30.9. The zero-order valence-electron chi connectivity index (χ0n) is 37.1. The lowest BCUT2D eigenvalue weighted by molar-refractivity contribution is -0.297. The molecule has 1 saturated heterocycles. The van der Waals surface area contributed by atoms with Gasteiger partial charge in [-0.3, -0.25) is 14.1 Å². The van der Waals surface area contributed by atoms with Gasteiger partial charge in [-0.1, -0.05) is 165 Å². The summed E-state index contributed by atoms with van der Waals surface area (Å²) in [6, 6.07) is 0. The van der Waals surface area contributed by atoms with Crippen LogP contribution < -0.4 is 0 Å². The highest BCUT2D eigenvalue weighted by Gasteiger charge is 2.46. The molecule has 12 nitrogen and oxygen atoms in total. The van der Waals surface area contributed by atoms with Crippen LogP contribution in [0.3, 0.4) is 0 Å². The van der Waals surface area contributed by atoms with Gasteiger partial charge < -0.3 is 34.3 Å². The third-order valence-electron chi connectivity index (χ3n) is 10.4. The highest BCUT2D eigenvalue weighted by molar-refractivity contribution is 7.85. The van der Waals surface area contributed by atoms with E-state index in [9.17, 15) is 37.9 Å². The lowest BCUT2D eigenvalue weighted by atomic mass is 10.00. The number of carbonyl (C=O) groups is 2. The zero-order valence-corrected chi connectivity index (χ0v) is 37.9. The van der Waals surface area contributed by atoms with E-state index in [1.54, 1.807) is 0 Å². The molecule has 0 bridgehead atoms. The molecule has 0 aromatic rings. The van der Waals surface area contributed by atoms with Gasteiger partial charge in [0.15, 0.2) is 12.4 Å². The van der Waals surface area contributed by atoms with Crippen LogP contribution in [-0.2, 0) is 38.7 Å². The zero-order chi connectivity index (χ0) is 44.1. The molecule has 0 amide bonds. The van der Waals surface area contributed by atoms with Crippen LogP contribution in [0, 0.1) is 0 Å². The molecule has 1 aliphatic rings. The quantitative estimate of drug-likeness (QED) is 0.0200. The van der Waals surface area contributed by atoms with E-state index in [1.165, 1.54) is 89.9 Å². The molecule has 4 N–H and O–H groups in total. The Morgan fingerprint density at radius 1 is 0.567 bits per heavy atom. The van der Waals surface area contributed by atoms with E-state index >= 15 is 0 Å². The van der Waals surface area contributed by atoms with E-state index in [4.69, 9.17) is 18.9 Å². The molecule has 1 fully saturated rings. The topological polar surface area (TPSA) is 186 Å². The van der Waals surface area contributed by atoms with E-state index in [2.05, 4.69) is 50.3 Å². The van der Waals surface area contributed by atoms with E-state index in [0.29, 0.717) is 19.3 Å². The fourth-order valence-corrected chi connectivity index (χ4v) is 7.48. The summed E-state index contributed by atoms with van der Waals surface area (Å²) < 4.78 is 54.0. The number of hydrogen-bond acceptors (Lipinski definition) is 11. The van der Waals surface area contributed by atoms with Gasteiger partial charge in [0.1, 0.15) is 36.8 Å². The molecule has 13 heteroatoms. The fourth-order valence-electron chi connectivity index (χ4n) is 6.79. The molecule has 0 spiro atoms. The van der Waals surface area contributed by atoms with Crippen LogP contribution in [0.2, 0.25) is 0 Å². The van der Waals surface area contributed by atoms with Crippen molar-refractivity contribution >= 4 is 22.1 Å². The van der Waals surface area contributed by atoms with Gasteiger partial charge in [0.25, 0.3) is 10.1 Å². The van der Waals surface area contributed by atoms with Crippen molar-refractivity contribution in [2.75, 3.05) is 19.0 Å². The summed E-state index contributed by atoms with van der Waals surface area (Å²) in [5.74, 6) is -2.05. The fraction of sp³-hybridized carbons (Fsp3) is 0.787. The second kappa shape index (κ2) is 37.2. The molecule has 0 aromatic heterocycles. The van der Waals surface area contributed by atoms with Crippen molar-refractivity contribution in [1.82, 2.24) is 0 Å². The molecule has 348 valence electrons. The number of esters is 2. The largest absolute Gasteiger partial charge is 0.462 e. The first-order valence-electron chi connectivity index (χ1n) is 23.2. The van der Waals surface area contributed by atoms with Crippen LogP contribution >= 0.6 is 0 Å². The number of aliphatic hydroxyl groups is 3. The maximum atomic E-state index is 12.8. The Labute approximate surface area is 363 Å². The van der Waals surface area contributed by atoms with Crippen LogP contribution in [0.25, 0.3) is 0 Å². The average Bonchev–Trinajstić information content (AvgIpc) is 3.21. The van der Waals surface area contributed by atoms with Gasteiger partial charge in [-0.2, -0.15) is 8.42 Å². The first-order chi connectivity index (χ1) is 29.0. The highest BCUT2D eigenvalue weighted by atomic mass is 32.2. The number of allylic oxidation sites excluding steroid dienone is 8. The Balaban J connectivity index is 2.48. The van der Waals surface area contributed by atoms with Gasteiger partial charge in [0.05, 0.1) is 6.61 Å². The minimum Gasteiger partial charge on any atom is -0.462 e.